The Balaban J connectivity index is 1.90. The minimum atomic E-state index is 0.311. The molecule has 2 aromatic rings. The molecule has 0 atom stereocenters. The third-order valence-corrected chi connectivity index (χ3v) is 3.58. The summed E-state index contributed by atoms with van der Waals surface area (Å²) in [5.74, 6) is 0.311. The molecule has 0 unspecified atom stereocenters. The third kappa shape index (κ3) is 2.21. The fourth-order valence-corrected chi connectivity index (χ4v) is 2.62. The molecule has 0 saturated carbocycles. The highest BCUT2D eigenvalue weighted by Crippen LogP contribution is 2.23. The van der Waals surface area contributed by atoms with Gasteiger partial charge in [-0.3, -0.25) is 4.79 Å². The van der Waals surface area contributed by atoms with Crippen LogP contribution in [0.5, 0.6) is 0 Å². The minimum absolute atomic E-state index is 0.311. The van der Waals surface area contributed by atoms with Gasteiger partial charge in [0.25, 0.3) is 0 Å². The van der Waals surface area contributed by atoms with Crippen LogP contribution in [0, 0.1) is 0 Å². The average Bonchev–Trinajstić information content (AvgIpc) is 2.41. The van der Waals surface area contributed by atoms with Gasteiger partial charge in [0.1, 0.15) is 0 Å². The summed E-state index contributed by atoms with van der Waals surface area (Å²) >= 11 is 0. The molecule has 0 saturated heterocycles. The molecule has 0 N–H and O–H groups in total. The van der Waals surface area contributed by atoms with Crippen LogP contribution in [0.15, 0.2) is 48.5 Å². The Kier molecular flexibility index (Phi) is 2.97. The van der Waals surface area contributed by atoms with Crippen molar-refractivity contribution in [3.05, 3.63) is 70.8 Å². The number of carbonyl (C=O) groups is 1. The monoisotopic (exact) mass is 236 g/mol. The summed E-state index contributed by atoms with van der Waals surface area (Å²) in [4.78, 5) is 11.9. The maximum Gasteiger partial charge on any atom is 0.163 e. The minimum Gasteiger partial charge on any atom is -0.294 e. The zero-order valence-electron chi connectivity index (χ0n) is 10.4. The van der Waals surface area contributed by atoms with E-state index in [0.29, 0.717) is 12.2 Å². The molecule has 0 spiro atoms. The topological polar surface area (TPSA) is 17.1 Å². The first-order valence-electron chi connectivity index (χ1n) is 6.52. The summed E-state index contributed by atoms with van der Waals surface area (Å²) in [6, 6.07) is 16.8. The predicted molar refractivity (Wildman–Crippen MR) is 73.0 cm³/mol. The molecule has 2 aromatic carbocycles. The van der Waals surface area contributed by atoms with Crippen LogP contribution in [0.3, 0.4) is 0 Å². The first-order chi connectivity index (χ1) is 8.83. The third-order valence-electron chi connectivity index (χ3n) is 3.58. The number of aryl methyl sites for hydroxylation is 1. The summed E-state index contributed by atoms with van der Waals surface area (Å²) in [6.45, 7) is 0. The van der Waals surface area contributed by atoms with E-state index in [0.717, 1.165) is 24.8 Å². The van der Waals surface area contributed by atoms with Gasteiger partial charge in [-0.05, 0) is 42.0 Å². The van der Waals surface area contributed by atoms with Crippen molar-refractivity contribution >= 4 is 5.78 Å². The molecule has 0 aromatic heterocycles. The lowest BCUT2D eigenvalue weighted by molar-refractivity contribution is 0.0972. The van der Waals surface area contributed by atoms with Gasteiger partial charge in [0.2, 0.25) is 0 Å². The molecule has 1 aliphatic rings. The second-order valence-electron chi connectivity index (χ2n) is 4.93. The number of rotatable bonds is 2. The summed E-state index contributed by atoms with van der Waals surface area (Å²) in [5.41, 5.74) is 4.70. The van der Waals surface area contributed by atoms with Gasteiger partial charge in [-0.15, -0.1) is 0 Å². The quantitative estimate of drug-likeness (QED) is 0.775. The molecular formula is C17H16O. The van der Waals surface area contributed by atoms with Gasteiger partial charge in [-0.1, -0.05) is 42.5 Å². The molecule has 18 heavy (non-hydrogen) atoms. The fraction of sp³-hybridized carbons (Fsp3) is 0.235. The molecule has 1 heteroatoms. The van der Waals surface area contributed by atoms with E-state index in [1.165, 1.54) is 16.7 Å². The Bertz CT molecular complexity index is 569. The molecule has 3 rings (SSSR count). The molecule has 0 aliphatic heterocycles. The average molecular weight is 236 g/mol. The van der Waals surface area contributed by atoms with Gasteiger partial charge in [-0.2, -0.15) is 0 Å². The molecule has 0 bridgehead atoms. The first-order valence-corrected chi connectivity index (χ1v) is 6.52. The highest BCUT2D eigenvalue weighted by Gasteiger charge is 2.16. The first kappa shape index (κ1) is 11.2. The summed E-state index contributed by atoms with van der Waals surface area (Å²) in [6.07, 6.45) is 3.67. The lowest BCUT2D eigenvalue weighted by Crippen LogP contribution is -2.11. The highest BCUT2D eigenvalue weighted by molar-refractivity contribution is 5.98. The number of fused-ring (bicyclic) bond motifs is 1. The van der Waals surface area contributed by atoms with E-state index in [-0.39, 0.29) is 0 Å². The van der Waals surface area contributed by atoms with Crippen molar-refractivity contribution < 1.29 is 4.79 Å². The SMILES string of the molecule is O=C1CCCc2ccc(Cc3ccccc3)cc21. The van der Waals surface area contributed by atoms with Crippen molar-refractivity contribution in [1.82, 2.24) is 0 Å². The number of carbonyl (C=O) groups excluding carboxylic acids is 1. The number of ketones is 1. The zero-order chi connectivity index (χ0) is 12.4. The number of hydrogen-bond donors (Lipinski definition) is 0. The van der Waals surface area contributed by atoms with Crippen molar-refractivity contribution in [2.75, 3.05) is 0 Å². The number of Topliss-reactive ketones (excluding diaryl/α,β-unsaturated/α-hetero) is 1. The lowest BCUT2D eigenvalue weighted by atomic mass is 9.88. The van der Waals surface area contributed by atoms with E-state index in [4.69, 9.17) is 0 Å². The van der Waals surface area contributed by atoms with Crippen LogP contribution in [0.2, 0.25) is 0 Å². The Morgan fingerprint density at radius 3 is 2.56 bits per heavy atom. The fourth-order valence-electron chi connectivity index (χ4n) is 2.62. The van der Waals surface area contributed by atoms with Crippen molar-refractivity contribution in [2.24, 2.45) is 0 Å². The molecule has 0 fully saturated rings. The number of benzene rings is 2. The molecular weight excluding hydrogens is 220 g/mol. The van der Waals surface area contributed by atoms with Crippen LogP contribution in [0.25, 0.3) is 0 Å². The molecule has 90 valence electrons. The van der Waals surface area contributed by atoms with E-state index >= 15 is 0 Å². The molecule has 0 radical (unpaired) electrons. The Morgan fingerprint density at radius 2 is 1.72 bits per heavy atom. The zero-order valence-corrected chi connectivity index (χ0v) is 10.4. The Morgan fingerprint density at radius 1 is 0.889 bits per heavy atom. The van der Waals surface area contributed by atoms with Gasteiger partial charge < -0.3 is 0 Å². The molecule has 0 heterocycles. The van der Waals surface area contributed by atoms with Crippen molar-refractivity contribution in [2.45, 2.75) is 25.7 Å². The highest BCUT2D eigenvalue weighted by atomic mass is 16.1. The Hall–Kier alpha value is -1.89. The number of hydrogen-bond acceptors (Lipinski definition) is 1. The predicted octanol–water partition coefficient (Wildman–Crippen LogP) is 3.80. The summed E-state index contributed by atoms with van der Waals surface area (Å²) in [7, 11) is 0. The van der Waals surface area contributed by atoms with Crippen LogP contribution in [0.1, 0.15) is 39.9 Å². The molecule has 0 amide bonds. The van der Waals surface area contributed by atoms with E-state index in [1.807, 2.05) is 6.07 Å². The van der Waals surface area contributed by atoms with Crippen LogP contribution < -0.4 is 0 Å². The standard InChI is InChI=1S/C17H16O/c18-17-8-4-7-15-10-9-14(12-16(15)17)11-13-5-2-1-3-6-13/h1-3,5-6,9-10,12H,4,7-8,11H2. The van der Waals surface area contributed by atoms with Gasteiger partial charge in [0.15, 0.2) is 5.78 Å². The van der Waals surface area contributed by atoms with Crippen LogP contribution in [-0.2, 0) is 12.8 Å². The van der Waals surface area contributed by atoms with E-state index in [1.54, 1.807) is 0 Å². The second-order valence-corrected chi connectivity index (χ2v) is 4.93. The van der Waals surface area contributed by atoms with Crippen LogP contribution >= 0.6 is 0 Å². The summed E-state index contributed by atoms with van der Waals surface area (Å²) in [5, 5.41) is 0. The molecule has 1 aliphatic carbocycles. The maximum absolute atomic E-state index is 11.9. The van der Waals surface area contributed by atoms with Gasteiger partial charge in [0.05, 0.1) is 0 Å². The van der Waals surface area contributed by atoms with Crippen molar-refractivity contribution in [1.29, 1.82) is 0 Å². The largest absolute Gasteiger partial charge is 0.294 e. The van der Waals surface area contributed by atoms with Gasteiger partial charge in [-0.25, -0.2) is 0 Å². The van der Waals surface area contributed by atoms with Crippen LogP contribution in [0.4, 0.5) is 0 Å². The lowest BCUT2D eigenvalue weighted by Gasteiger charge is -2.15. The van der Waals surface area contributed by atoms with Crippen molar-refractivity contribution in [3.63, 3.8) is 0 Å². The molecule has 1 nitrogen and oxygen atoms in total. The maximum atomic E-state index is 11.9. The van der Waals surface area contributed by atoms with Crippen LogP contribution in [-0.4, -0.2) is 5.78 Å². The smallest absolute Gasteiger partial charge is 0.163 e. The summed E-state index contributed by atoms with van der Waals surface area (Å²) < 4.78 is 0. The van der Waals surface area contributed by atoms with Crippen molar-refractivity contribution in [3.8, 4) is 0 Å². The second kappa shape index (κ2) is 4.77. The van der Waals surface area contributed by atoms with Gasteiger partial charge in [0, 0.05) is 12.0 Å². The van der Waals surface area contributed by atoms with E-state index in [9.17, 15) is 4.79 Å². The Labute approximate surface area is 107 Å². The van der Waals surface area contributed by atoms with E-state index < -0.39 is 0 Å². The normalized spacial score (nSPS) is 14.3. The van der Waals surface area contributed by atoms with E-state index in [2.05, 4.69) is 42.5 Å². The van der Waals surface area contributed by atoms with Gasteiger partial charge >= 0.3 is 0 Å².